The molecule has 1 N–H and O–H groups in total. The highest BCUT2D eigenvalue weighted by molar-refractivity contribution is 7.89. The number of hydrogen-bond acceptors (Lipinski definition) is 4. The Hall–Kier alpha value is -1.87. The molecule has 0 unspecified atom stereocenters. The minimum absolute atomic E-state index is 0.0346. The van der Waals surface area contributed by atoms with Crippen LogP contribution in [0, 0.1) is 0 Å². The first-order valence-electron chi connectivity index (χ1n) is 8.04. The number of carbonyl (C=O) groups excluding carboxylic acids is 2. The second kappa shape index (κ2) is 6.45. The summed E-state index contributed by atoms with van der Waals surface area (Å²) in [6.07, 6.45) is -0.210. The molecule has 1 saturated carbocycles. The van der Waals surface area contributed by atoms with Crippen molar-refractivity contribution >= 4 is 27.5 Å². The molecule has 1 saturated heterocycles. The topological polar surface area (TPSA) is 83.6 Å². The van der Waals surface area contributed by atoms with Crippen molar-refractivity contribution in [3.05, 3.63) is 24.3 Å². The van der Waals surface area contributed by atoms with Gasteiger partial charge in [-0.25, -0.2) is 21.9 Å². The summed E-state index contributed by atoms with van der Waals surface area (Å²) in [4.78, 5) is 24.4. The molecule has 0 radical (unpaired) electrons. The predicted octanol–water partition coefficient (Wildman–Crippen LogP) is 2.20. The van der Waals surface area contributed by atoms with Gasteiger partial charge in [-0.2, -0.15) is 0 Å². The quantitative estimate of drug-likeness (QED) is 0.822. The first-order chi connectivity index (χ1) is 11.7. The Bertz CT molecular complexity index is 767. The van der Waals surface area contributed by atoms with Crippen LogP contribution >= 0.6 is 0 Å². The van der Waals surface area contributed by atoms with Crippen molar-refractivity contribution < 1.29 is 26.8 Å². The minimum Gasteiger partial charge on any atom is -0.274 e. The summed E-state index contributed by atoms with van der Waals surface area (Å²) in [7, 11) is -3.85. The lowest BCUT2D eigenvalue weighted by Gasteiger charge is -2.28. The largest absolute Gasteiger partial charge is 0.274 e. The molecule has 6 nitrogen and oxygen atoms in total. The van der Waals surface area contributed by atoms with E-state index in [1.54, 1.807) is 0 Å². The second-order valence-corrected chi connectivity index (χ2v) is 8.08. The number of benzene rings is 1. The van der Waals surface area contributed by atoms with Gasteiger partial charge in [0.15, 0.2) is 0 Å². The second-order valence-electron chi connectivity index (χ2n) is 6.37. The zero-order chi connectivity index (χ0) is 18.2. The lowest BCUT2D eigenvalue weighted by atomic mass is 9.93. The molecule has 1 aliphatic carbocycles. The molecule has 1 aromatic rings. The van der Waals surface area contributed by atoms with Gasteiger partial charge in [0.25, 0.3) is 0 Å². The standard InChI is InChI=1S/C16H18F2N2O4S/c17-16(18)9-7-11(8-10-16)19-25(23,24)13-3-1-12(2-4-13)20-14(21)5-6-15(20)22/h1-4,11,19H,5-10H2. The molecular weight excluding hydrogens is 354 g/mol. The van der Waals surface area contributed by atoms with E-state index < -0.39 is 22.0 Å². The van der Waals surface area contributed by atoms with Gasteiger partial charge in [0.05, 0.1) is 10.6 Å². The van der Waals surface area contributed by atoms with Crippen molar-refractivity contribution in [3.8, 4) is 0 Å². The number of rotatable bonds is 4. The fourth-order valence-corrected chi connectivity index (χ4v) is 4.39. The molecule has 136 valence electrons. The molecular formula is C16H18F2N2O4S. The Labute approximate surface area is 144 Å². The summed E-state index contributed by atoms with van der Waals surface area (Å²) in [5.41, 5.74) is 0.323. The van der Waals surface area contributed by atoms with Gasteiger partial charge in [-0.3, -0.25) is 14.5 Å². The van der Waals surface area contributed by atoms with Crippen molar-refractivity contribution in [2.75, 3.05) is 4.90 Å². The lowest BCUT2D eigenvalue weighted by Crippen LogP contribution is -2.40. The van der Waals surface area contributed by atoms with E-state index in [2.05, 4.69) is 4.72 Å². The fourth-order valence-electron chi connectivity index (χ4n) is 3.08. The highest BCUT2D eigenvalue weighted by Crippen LogP contribution is 2.33. The van der Waals surface area contributed by atoms with E-state index >= 15 is 0 Å². The van der Waals surface area contributed by atoms with Crippen LogP contribution < -0.4 is 9.62 Å². The summed E-state index contributed by atoms with van der Waals surface area (Å²) < 4.78 is 53.5. The molecule has 9 heteroatoms. The Kier molecular flexibility index (Phi) is 4.63. The normalized spacial score (nSPS) is 21.8. The van der Waals surface area contributed by atoms with Crippen LogP contribution in [-0.4, -0.2) is 32.2 Å². The Morgan fingerprint density at radius 3 is 2.04 bits per heavy atom. The number of sulfonamides is 1. The number of carbonyl (C=O) groups is 2. The smallest absolute Gasteiger partial charge is 0.248 e. The number of amides is 2. The molecule has 25 heavy (non-hydrogen) atoms. The van der Waals surface area contributed by atoms with Crippen molar-refractivity contribution in [2.24, 2.45) is 0 Å². The van der Waals surface area contributed by atoms with Gasteiger partial charge in [0.2, 0.25) is 27.8 Å². The molecule has 1 aliphatic heterocycles. The summed E-state index contributed by atoms with van der Waals surface area (Å²) in [5.74, 6) is -3.36. The summed E-state index contributed by atoms with van der Waals surface area (Å²) in [6.45, 7) is 0. The summed E-state index contributed by atoms with van der Waals surface area (Å²) in [6, 6.07) is 4.86. The molecule has 0 bridgehead atoms. The third-order valence-corrected chi connectivity index (χ3v) is 6.03. The zero-order valence-corrected chi connectivity index (χ0v) is 14.2. The Morgan fingerprint density at radius 2 is 1.52 bits per heavy atom. The highest BCUT2D eigenvalue weighted by atomic mass is 32.2. The van der Waals surface area contributed by atoms with Gasteiger partial charge in [-0.05, 0) is 37.1 Å². The number of nitrogens with one attached hydrogen (secondary N) is 1. The molecule has 0 aromatic heterocycles. The van der Waals surface area contributed by atoms with E-state index in [1.807, 2.05) is 0 Å². The summed E-state index contributed by atoms with van der Waals surface area (Å²) >= 11 is 0. The van der Waals surface area contributed by atoms with Crippen LogP contribution in [0.5, 0.6) is 0 Å². The number of halogens is 2. The average molecular weight is 372 g/mol. The maximum Gasteiger partial charge on any atom is 0.248 e. The lowest BCUT2D eigenvalue weighted by molar-refractivity contribution is -0.121. The molecule has 2 fully saturated rings. The van der Waals surface area contributed by atoms with Crippen LogP contribution in [0.15, 0.2) is 29.2 Å². The maximum atomic E-state index is 13.2. The van der Waals surface area contributed by atoms with Gasteiger partial charge in [0.1, 0.15) is 0 Å². The molecule has 1 aromatic carbocycles. The number of hydrogen-bond donors (Lipinski definition) is 1. The van der Waals surface area contributed by atoms with Crippen molar-refractivity contribution in [1.82, 2.24) is 4.72 Å². The van der Waals surface area contributed by atoms with Crippen LogP contribution in [0.2, 0.25) is 0 Å². The van der Waals surface area contributed by atoms with E-state index in [0.29, 0.717) is 5.69 Å². The fraction of sp³-hybridized carbons (Fsp3) is 0.500. The van der Waals surface area contributed by atoms with Crippen LogP contribution in [0.25, 0.3) is 0 Å². The molecule has 0 atom stereocenters. The van der Waals surface area contributed by atoms with Gasteiger partial charge in [0, 0.05) is 31.7 Å². The van der Waals surface area contributed by atoms with Crippen LogP contribution in [0.4, 0.5) is 14.5 Å². The molecule has 0 spiro atoms. The van der Waals surface area contributed by atoms with E-state index in [9.17, 15) is 26.8 Å². The molecule has 2 amide bonds. The number of alkyl halides is 2. The average Bonchev–Trinajstić information content (AvgIpc) is 2.88. The SMILES string of the molecule is O=C1CCC(=O)N1c1ccc(S(=O)(=O)NC2CCC(F)(F)CC2)cc1. The van der Waals surface area contributed by atoms with Crippen LogP contribution in [0.1, 0.15) is 38.5 Å². The molecule has 2 aliphatic rings. The van der Waals surface area contributed by atoms with E-state index in [-0.39, 0.29) is 55.2 Å². The number of anilines is 1. The predicted molar refractivity (Wildman–Crippen MR) is 85.7 cm³/mol. The van der Waals surface area contributed by atoms with Gasteiger partial charge in [-0.15, -0.1) is 0 Å². The highest BCUT2D eigenvalue weighted by Gasteiger charge is 2.36. The molecule has 1 heterocycles. The Morgan fingerprint density at radius 1 is 1.00 bits per heavy atom. The monoisotopic (exact) mass is 372 g/mol. The van der Waals surface area contributed by atoms with E-state index in [4.69, 9.17) is 0 Å². The third-order valence-electron chi connectivity index (χ3n) is 4.50. The van der Waals surface area contributed by atoms with Crippen LogP contribution in [-0.2, 0) is 19.6 Å². The van der Waals surface area contributed by atoms with Gasteiger partial charge in [-0.1, -0.05) is 0 Å². The summed E-state index contributed by atoms with van der Waals surface area (Å²) in [5, 5.41) is 0. The maximum absolute atomic E-state index is 13.2. The van der Waals surface area contributed by atoms with E-state index in [1.165, 1.54) is 24.3 Å². The van der Waals surface area contributed by atoms with Crippen LogP contribution in [0.3, 0.4) is 0 Å². The third kappa shape index (κ3) is 3.87. The van der Waals surface area contributed by atoms with Gasteiger partial charge >= 0.3 is 0 Å². The Balaban J connectivity index is 1.71. The van der Waals surface area contributed by atoms with Crippen molar-refractivity contribution in [2.45, 2.75) is 55.4 Å². The first kappa shape index (κ1) is 17.9. The van der Waals surface area contributed by atoms with Gasteiger partial charge < -0.3 is 0 Å². The molecule has 3 rings (SSSR count). The first-order valence-corrected chi connectivity index (χ1v) is 9.52. The number of nitrogens with zero attached hydrogens (tertiary/aromatic N) is 1. The van der Waals surface area contributed by atoms with E-state index in [0.717, 1.165) is 4.90 Å². The van der Waals surface area contributed by atoms with Crippen molar-refractivity contribution in [1.29, 1.82) is 0 Å². The zero-order valence-electron chi connectivity index (χ0n) is 13.4. The van der Waals surface area contributed by atoms with Crippen molar-refractivity contribution in [3.63, 3.8) is 0 Å². The number of imide groups is 1. The minimum atomic E-state index is -3.85.